The molecule has 0 fully saturated rings. The topological polar surface area (TPSA) is 78.9 Å². The van der Waals surface area contributed by atoms with Crippen LogP contribution in [-0.2, 0) is 28.6 Å². The summed E-state index contributed by atoms with van der Waals surface area (Å²) in [5.74, 6) is -0.857. The molecule has 6 heteroatoms. The van der Waals surface area contributed by atoms with Crippen LogP contribution in [0.25, 0.3) is 0 Å². The third-order valence-electron chi connectivity index (χ3n) is 12.3. The highest BCUT2D eigenvalue weighted by Crippen LogP contribution is 2.17. The number of allylic oxidation sites excluding steroid dienone is 2. The van der Waals surface area contributed by atoms with Gasteiger partial charge in [0.25, 0.3) is 0 Å². The lowest BCUT2D eigenvalue weighted by Gasteiger charge is -2.18. The molecule has 360 valence electrons. The molecule has 0 unspecified atom stereocenters. The number of hydrogen-bond acceptors (Lipinski definition) is 6. The minimum absolute atomic E-state index is 0.0678. The molecular formula is C55H104O6. The molecule has 1 atom stereocenters. The molecule has 61 heavy (non-hydrogen) atoms. The van der Waals surface area contributed by atoms with Gasteiger partial charge in [0.1, 0.15) is 13.2 Å². The molecule has 0 aliphatic rings. The third-order valence-corrected chi connectivity index (χ3v) is 12.3. The van der Waals surface area contributed by atoms with Crippen LogP contribution < -0.4 is 0 Å². The number of carbonyl (C=O) groups excluding carboxylic acids is 3. The predicted octanol–water partition coefficient (Wildman–Crippen LogP) is 17.8. The number of unbranched alkanes of at least 4 members (excludes halogenated alkanes) is 37. The van der Waals surface area contributed by atoms with Crippen molar-refractivity contribution in [3.63, 3.8) is 0 Å². The number of ether oxygens (including phenoxy) is 3. The summed E-state index contributed by atoms with van der Waals surface area (Å²) >= 11 is 0. The normalized spacial score (nSPS) is 12.0. The second kappa shape index (κ2) is 50.8. The van der Waals surface area contributed by atoms with Crippen molar-refractivity contribution in [2.24, 2.45) is 0 Å². The zero-order chi connectivity index (χ0) is 44.4. The van der Waals surface area contributed by atoms with E-state index in [4.69, 9.17) is 14.2 Å². The lowest BCUT2D eigenvalue weighted by Crippen LogP contribution is -2.30. The molecule has 0 amide bonds. The van der Waals surface area contributed by atoms with Crippen LogP contribution in [0.15, 0.2) is 12.2 Å². The van der Waals surface area contributed by atoms with E-state index < -0.39 is 6.10 Å². The maximum atomic E-state index is 12.8. The van der Waals surface area contributed by atoms with E-state index in [2.05, 4.69) is 32.9 Å². The van der Waals surface area contributed by atoms with E-state index in [1.54, 1.807) is 0 Å². The summed E-state index contributed by atoms with van der Waals surface area (Å²) in [7, 11) is 0. The van der Waals surface area contributed by atoms with Crippen molar-refractivity contribution in [3.8, 4) is 0 Å². The molecule has 0 heterocycles. The van der Waals surface area contributed by atoms with Gasteiger partial charge in [0.15, 0.2) is 6.10 Å². The van der Waals surface area contributed by atoms with E-state index in [9.17, 15) is 14.4 Å². The van der Waals surface area contributed by atoms with Crippen LogP contribution >= 0.6 is 0 Å². The van der Waals surface area contributed by atoms with E-state index in [0.29, 0.717) is 19.3 Å². The molecular weight excluding hydrogens is 757 g/mol. The number of hydrogen-bond donors (Lipinski definition) is 0. The van der Waals surface area contributed by atoms with Crippen LogP contribution in [0, 0.1) is 0 Å². The zero-order valence-electron chi connectivity index (χ0n) is 41.2. The molecule has 0 bridgehead atoms. The highest BCUT2D eigenvalue weighted by Gasteiger charge is 2.19. The molecule has 0 aliphatic carbocycles. The third kappa shape index (κ3) is 49.0. The Balaban J connectivity index is 4.31. The van der Waals surface area contributed by atoms with E-state index in [1.165, 1.54) is 199 Å². The van der Waals surface area contributed by atoms with Crippen LogP contribution in [-0.4, -0.2) is 37.2 Å². The van der Waals surface area contributed by atoms with Gasteiger partial charge in [-0.25, -0.2) is 0 Å². The molecule has 0 aromatic heterocycles. The number of rotatable bonds is 50. The molecule has 0 aliphatic heterocycles. The van der Waals surface area contributed by atoms with Crippen molar-refractivity contribution >= 4 is 17.9 Å². The van der Waals surface area contributed by atoms with Crippen molar-refractivity contribution in [1.82, 2.24) is 0 Å². The van der Waals surface area contributed by atoms with Crippen LogP contribution in [0.1, 0.15) is 303 Å². The average molecular weight is 861 g/mol. The van der Waals surface area contributed by atoms with Crippen LogP contribution in [0.4, 0.5) is 0 Å². The van der Waals surface area contributed by atoms with Gasteiger partial charge in [0.05, 0.1) is 0 Å². The minimum Gasteiger partial charge on any atom is -0.462 e. The highest BCUT2D eigenvalue weighted by atomic mass is 16.6. The first kappa shape index (κ1) is 59.1. The van der Waals surface area contributed by atoms with Gasteiger partial charge in [-0.2, -0.15) is 0 Å². The standard InChI is InChI=1S/C55H104O6/c1-4-7-10-13-16-19-22-25-27-28-29-31-33-36-39-42-45-48-54(57)60-51-52(50-59-53(56)47-44-41-38-35-32-24-21-18-15-12-9-6-3)61-55(58)49-46-43-40-37-34-30-26-23-20-17-14-11-8-5-2/h23,26,52H,4-22,24-25,27-51H2,1-3H3/b26-23-/t52-/m1/s1. The van der Waals surface area contributed by atoms with Gasteiger partial charge in [-0.1, -0.05) is 251 Å². The zero-order valence-corrected chi connectivity index (χ0v) is 41.2. The Morgan fingerprint density at radius 1 is 0.311 bits per heavy atom. The average Bonchev–Trinajstić information content (AvgIpc) is 3.26. The Labute approximate surface area is 380 Å². The SMILES string of the molecule is CCCCCCC/C=C\CCCCCCCC(=O)O[C@H](COC(=O)CCCCCCCCCCCCCC)COC(=O)CCCCCCCCCCCCCCCCCCC. The van der Waals surface area contributed by atoms with E-state index in [-0.39, 0.29) is 31.1 Å². The molecule has 0 rings (SSSR count). The van der Waals surface area contributed by atoms with Crippen LogP contribution in [0.5, 0.6) is 0 Å². The fourth-order valence-electron chi connectivity index (χ4n) is 8.14. The van der Waals surface area contributed by atoms with Crippen molar-refractivity contribution < 1.29 is 28.6 Å². The first-order valence-corrected chi connectivity index (χ1v) is 27.2. The monoisotopic (exact) mass is 861 g/mol. The van der Waals surface area contributed by atoms with Gasteiger partial charge < -0.3 is 14.2 Å². The highest BCUT2D eigenvalue weighted by molar-refractivity contribution is 5.71. The molecule has 0 spiro atoms. The van der Waals surface area contributed by atoms with E-state index in [1.807, 2.05) is 0 Å². The second-order valence-corrected chi connectivity index (χ2v) is 18.5. The fraction of sp³-hybridized carbons (Fsp3) is 0.909. The molecule has 0 aromatic rings. The van der Waals surface area contributed by atoms with Crippen LogP contribution in [0.3, 0.4) is 0 Å². The summed E-state index contributed by atoms with van der Waals surface area (Å²) in [6.45, 7) is 6.66. The van der Waals surface area contributed by atoms with Gasteiger partial charge in [-0.05, 0) is 44.9 Å². The molecule has 0 saturated heterocycles. The Hall–Kier alpha value is -1.85. The lowest BCUT2D eigenvalue weighted by atomic mass is 10.0. The molecule has 6 nitrogen and oxygen atoms in total. The van der Waals surface area contributed by atoms with Crippen LogP contribution in [0.2, 0.25) is 0 Å². The van der Waals surface area contributed by atoms with Gasteiger partial charge in [-0.3, -0.25) is 14.4 Å². The molecule has 0 saturated carbocycles. The smallest absolute Gasteiger partial charge is 0.306 e. The largest absolute Gasteiger partial charge is 0.462 e. The van der Waals surface area contributed by atoms with Gasteiger partial charge in [-0.15, -0.1) is 0 Å². The molecule has 0 aromatic carbocycles. The summed E-state index contributed by atoms with van der Waals surface area (Å²) in [6.07, 6.45) is 56.2. The van der Waals surface area contributed by atoms with E-state index >= 15 is 0 Å². The Bertz CT molecular complexity index is 947. The Morgan fingerprint density at radius 2 is 0.541 bits per heavy atom. The van der Waals surface area contributed by atoms with Crippen molar-refractivity contribution in [3.05, 3.63) is 12.2 Å². The minimum atomic E-state index is -0.767. The quantitative estimate of drug-likeness (QED) is 0.0262. The molecule has 0 radical (unpaired) electrons. The summed E-state index contributed by atoms with van der Waals surface area (Å²) < 4.78 is 16.8. The summed E-state index contributed by atoms with van der Waals surface area (Å²) in [6, 6.07) is 0. The first-order valence-electron chi connectivity index (χ1n) is 27.2. The second-order valence-electron chi connectivity index (χ2n) is 18.5. The van der Waals surface area contributed by atoms with Crippen molar-refractivity contribution in [2.75, 3.05) is 13.2 Å². The number of esters is 3. The first-order chi connectivity index (χ1) is 30.0. The van der Waals surface area contributed by atoms with Crippen molar-refractivity contribution in [2.45, 2.75) is 309 Å². The van der Waals surface area contributed by atoms with E-state index in [0.717, 1.165) is 64.2 Å². The molecule has 0 N–H and O–H groups in total. The Kier molecular flexibility index (Phi) is 49.3. The van der Waals surface area contributed by atoms with Gasteiger partial charge in [0.2, 0.25) is 0 Å². The van der Waals surface area contributed by atoms with Gasteiger partial charge in [0, 0.05) is 19.3 Å². The van der Waals surface area contributed by atoms with Gasteiger partial charge >= 0.3 is 17.9 Å². The fourth-order valence-corrected chi connectivity index (χ4v) is 8.14. The lowest BCUT2D eigenvalue weighted by molar-refractivity contribution is -0.167. The maximum absolute atomic E-state index is 12.8. The summed E-state index contributed by atoms with van der Waals surface area (Å²) in [5, 5.41) is 0. The maximum Gasteiger partial charge on any atom is 0.306 e. The van der Waals surface area contributed by atoms with Crippen molar-refractivity contribution in [1.29, 1.82) is 0 Å². The predicted molar refractivity (Wildman–Crippen MR) is 261 cm³/mol. The Morgan fingerprint density at radius 3 is 0.820 bits per heavy atom. The number of carbonyl (C=O) groups is 3. The summed E-state index contributed by atoms with van der Waals surface area (Å²) in [4.78, 5) is 38.0. The summed E-state index contributed by atoms with van der Waals surface area (Å²) in [5.41, 5.74) is 0.